The molecule has 1 unspecified atom stereocenters. The second-order valence-electron chi connectivity index (χ2n) is 5.46. The van der Waals surface area contributed by atoms with Crippen molar-refractivity contribution in [3.8, 4) is 11.5 Å². The van der Waals surface area contributed by atoms with Crippen molar-refractivity contribution in [2.75, 3.05) is 11.9 Å². The Morgan fingerprint density at radius 3 is 2.95 bits per heavy atom. The summed E-state index contributed by atoms with van der Waals surface area (Å²) in [5.74, 6) is 1.26. The van der Waals surface area contributed by atoms with E-state index < -0.39 is 0 Å². The van der Waals surface area contributed by atoms with Crippen molar-refractivity contribution in [1.82, 2.24) is 0 Å². The maximum absolute atomic E-state index is 9.57. The van der Waals surface area contributed by atoms with E-state index in [1.54, 1.807) is 6.07 Å². The molecule has 21 heavy (non-hydrogen) atoms. The smallest absolute Gasteiger partial charge is 0.142 e. The van der Waals surface area contributed by atoms with E-state index >= 15 is 0 Å². The van der Waals surface area contributed by atoms with Gasteiger partial charge in [0.05, 0.1) is 18.3 Å². The average molecular weight is 283 g/mol. The summed E-state index contributed by atoms with van der Waals surface area (Å²) in [6.07, 6.45) is 3.04. The Kier molecular flexibility index (Phi) is 4.00. The number of hydrogen-bond donors (Lipinski definition) is 2. The molecule has 2 N–H and O–H groups in total. The van der Waals surface area contributed by atoms with E-state index in [9.17, 15) is 5.11 Å². The molecule has 0 saturated carbocycles. The Morgan fingerprint density at radius 1 is 1.24 bits per heavy atom. The van der Waals surface area contributed by atoms with Crippen molar-refractivity contribution in [2.45, 2.75) is 32.2 Å². The number of para-hydroxylation sites is 2. The van der Waals surface area contributed by atoms with Gasteiger partial charge in [-0.3, -0.25) is 0 Å². The van der Waals surface area contributed by atoms with Crippen LogP contribution < -0.4 is 10.1 Å². The first-order valence-corrected chi connectivity index (χ1v) is 7.58. The molecule has 0 bridgehead atoms. The fraction of sp³-hybridized carbons (Fsp3) is 0.333. The number of phenols is 1. The van der Waals surface area contributed by atoms with E-state index in [1.807, 2.05) is 30.3 Å². The summed E-state index contributed by atoms with van der Waals surface area (Å²) in [6, 6.07) is 14.0. The van der Waals surface area contributed by atoms with Gasteiger partial charge in [0, 0.05) is 0 Å². The largest absolute Gasteiger partial charge is 0.508 e. The van der Waals surface area contributed by atoms with Gasteiger partial charge >= 0.3 is 0 Å². The molecule has 0 amide bonds. The van der Waals surface area contributed by atoms with Gasteiger partial charge in [-0.1, -0.05) is 25.1 Å². The number of anilines is 1. The van der Waals surface area contributed by atoms with Crippen LogP contribution in [-0.4, -0.2) is 11.7 Å². The Balaban J connectivity index is 1.80. The van der Waals surface area contributed by atoms with Crippen molar-refractivity contribution in [3.05, 3.63) is 53.6 Å². The molecule has 0 aliphatic heterocycles. The minimum Gasteiger partial charge on any atom is -0.508 e. The van der Waals surface area contributed by atoms with Crippen molar-refractivity contribution < 1.29 is 9.84 Å². The number of fused-ring (bicyclic) bond motifs is 1. The van der Waals surface area contributed by atoms with E-state index in [1.165, 1.54) is 11.1 Å². The minimum absolute atomic E-state index is 0.284. The fourth-order valence-corrected chi connectivity index (χ4v) is 2.87. The molecule has 0 spiro atoms. The maximum atomic E-state index is 9.57. The third kappa shape index (κ3) is 2.97. The molecule has 2 aromatic carbocycles. The SMILES string of the molecule is CCCOc1ccccc1NC1CCc2cc(O)ccc21. The summed E-state index contributed by atoms with van der Waals surface area (Å²) >= 11 is 0. The van der Waals surface area contributed by atoms with Crippen LogP contribution in [0, 0.1) is 0 Å². The van der Waals surface area contributed by atoms with Gasteiger partial charge in [-0.15, -0.1) is 0 Å². The van der Waals surface area contributed by atoms with E-state index in [0.717, 1.165) is 37.3 Å². The van der Waals surface area contributed by atoms with Crippen LogP contribution in [0.4, 0.5) is 5.69 Å². The molecule has 1 atom stereocenters. The predicted molar refractivity (Wildman–Crippen MR) is 85.0 cm³/mol. The van der Waals surface area contributed by atoms with Crippen molar-refractivity contribution in [2.24, 2.45) is 0 Å². The van der Waals surface area contributed by atoms with Crippen molar-refractivity contribution >= 4 is 5.69 Å². The summed E-state index contributed by atoms with van der Waals surface area (Å²) in [7, 11) is 0. The molecule has 0 saturated heterocycles. The molecule has 1 aliphatic carbocycles. The van der Waals surface area contributed by atoms with E-state index in [0.29, 0.717) is 5.75 Å². The number of nitrogens with one attached hydrogen (secondary N) is 1. The van der Waals surface area contributed by atoms with Crippen LogP contribution in [0.3, 0.4) is 0 Å². The standard InChI is InChI=1S/C18H21NO2/c1-2-11-21-18-6-4-3-5-17(18)19-16-10-7-13-12-14(20)8-9-15(13)16/h3-6,8-9,12,16,19-20H,2,7,10-11H2,1H3. The number of ether oxygens (including phenoxy) is 1. The second kappa shape index (κ2) is 6.08. The number of benzene rings is 2. The van der Waals surface area contributed by atoms with E-state index in [-0.39, 0.29) is 6.04 Å². The highest BCUT2D eigenvalue weighted by Gasteiger charge is 2.23. The van der Waals surface area contributed by atoms with Gasteiger partial charge in [0.15, 0.2) is 0 Å². The molecular formula is C18H21NO2. The molecule has 0 radical (unpaired) electrons. The minimum atomic E-state index is 0.284. The Labute approximate surface area is 125 Å². The molecule has 3 heteroatoms. The summed E-state index contributed by atoms with van der Waals surface area (Å²) in [5, 5.41) is 13.2. The molecule has 2 aromatic rings. The Morgan fingerprint density at radius 2 is 2.10 bits per heavy atom. The molecule has 1 aliphatic rings. The first-order valence-electron chi connectivity index (χ1n) is 7.58. The monoisotopic (exact) mass is 283 g/mol. The summed E-state index contributed by atoms with van der Waals surface area (Å²) in [6.45, 7) is 2.84. The zero-order valence-electron chi connectivity index (χ0n) is 12.3. The molecule has 0 fully saturated rings. The number of phenolic OH excluding ortho intramolecular Hbond substituents is 1. The summed E-state index contributed by atoms with van der Waals surface area (Å²) in [5.41, 5.74) is 3.55. The molecule has 3 nitrogen and oxygen atoms in total. The van der Waals surface area contributed by atoms with Crippen LogP contribution in [0.15, 0.2) is 42.5 Å². The van der Waals surface area contributed by atoms with E-state index in [4.69, 9.17) is 4.74 Å². The third-order valence-corrected chi connectivity index (χ3v) is 3.88. The highest BCUT2D eigenvalue weighted by molar-refractivity contribution is 5.58. The summed E-state index contributed by atoms with van der Waals surface area (Å²) < 4.78 is 5.80. The molecule has 0 heterocycles. The lowest BCUT2D eigenvalue weighted by Crippen LogP contribution is -2.08. The number of rotatable bonds is 5. The van der Waals surface area contributed by atoms with Gasteiger partial charge in [-0.2, -0.15) is 0 Å². The van der Waals surface area contributed by atoms with Crippen LogP contribution in [-0.2, 0) is 6.42 Å². The van der Waals surface area contributed by atoms with Crippen LogP contribution in [0.2, 0.25) is 0 Å². The Bertz CT molecular complexity index is 624. The van der Waals surface area contributed by atoms with Gasteiger partial charge in [0.25, 0.3) is 0 Å². The zero-order chi connectivity index (χ0) is 14.7. The van der Waals surface area contributed by atoms with Crippen molar-refractivity contribution in [1.29, 1.82) is 0 Å². The van der Waals surface area contributed by atoms with Crippen LogP contribution in [0.1, 0.15) is 36.9 Å². The topological polar surface area (TPSA) is 41.5 Å². The maximum Gasteiger partial charge on any atom is 0.142 e. The van der Waals surface area contributed by atoms with Gasteiger partial charge in [-0.05, 0) is 54.7 Å². The normalized spacial score (nSPS) is 16.5. The first-order chi connectivity index (χ1) is 10.3. The second-order valence-corrected chi connectivity index (χ2v) is 5.46. The van der Waals surface area contributed by atoms with Gasteiger partial charge in [-0.25, -0.2) is 0 Å². The molecule has 3 rings (SSSR count). The zero-order valence-corrected chi connectivity index (χ0v) is 12.3. The third-order valence-electron chi connectivity index (χ3n) is 3.88. The van der Waals surface area contributed by atoms with Gasteiger partial charge < -0.3 is 15.2 Å². The van der Waals surface area contributed by atoms with E-state index in [2.05, 4.69) is 18.3 Å². The molecule has 0 aromatic heterocycles. The lowest BCUT2D eigenvalue weighted by atomic mass is 10.1. The van der Waals surface area contributed by atoms with Crippen LogP contribution in [0.25, 0.3) is 0 Å². The van der Waals surface area contributed by atoms with Crippen molar-refractivity contribution in [3.63, 3.8) is 0 Å². The fourth-order valence-electron chi connectivity index (χ4n) is 2.87. The lowest BCUT2D eigenvalue weighted by Gasteiger charge is -2.18. The number of hydrogen-bond acceptors (Lipinski definition) is 3. The van der Waals surface area contributed by atoms with Gasteiger partial charge in [0.2, 0.25) is 0 Å². The molecule has 110 valence electrons. The highest BCUT2D eigenvalue weighted by atomic mass is 16.5. The molecular weight excluding hydrogens is 262 g/mol. The predicted octanol–water partition coefficient (Wildman–Crippen LogP) is 4.28. The van der Waals surface area contributed by atoms with Gasteiger partial charge in [0.1, 0.15) is 11.5 Å². The highest BCUT2D eigenvalue weighted by Crippen LogP contribution is 2.37. The number of aryl methyl sites for hydroxylation is 1. The quantitative estimate of drug-likeness (QED) is 0.860. The Hall–Kier alpha value is -2.16. The summed E-state index contributed by atoms with van der Waals surface area (Å²) in [4.78, 5) is 0. The lowest BCUT2D eigenvalue weighted by molar-refractivity contribution is 0.318. The average Bonchev–Trinajstić information content (AvgIpc) is 2.88. The van der Waals surface area contributed by atoms with Crippen LogP contribution in [0.5, 0.6) is 11.5 Å². The first kappa shape index (κ1) is 13.8. The van der Waals surface area contributed by atoms with Crippen LogP contribution >= 0.6 is 0 Å². The number of aromatic hydroxyl groups is 1.